The molecule has 1 atom stereocenters. The van der Waals surface area contributed by atoms with Gasteiger partial charge in [0.2, 0.25) is 0 Å². The average molecular weight is 336 g/mol. The van der Waals surface area contributed by atoms with Crippen LogP contribution in [0.25, 0.3) is 0 Å². The minimum Gasteiger partial charge on any atom is -0.323 e. The molecule has 0 fully saturated rings. The van der Waals surface area contributed by atoms with Crippen molar-refractivity contribution in [3.8, 4) is 0 Å². The minimum absolute atomic E-state index is 0.0442. The van der Waals surface area contributed by atoms with E-state index in [9.17, 15) is 4.57 Å². The van der Waals surface area contributed by atoms with Gasteiger partial charge in [-0.2, -0.15) is 0 Å². The predicted molar refractivity (Wildman–Crippen MR) is 76.7 cm³/mol. The van der Waals surface area contributed by atoms with E-state index in [0.29, 0.717) is 5.56 Å². The molecule has 0 spiro atoms. The number of nitrogens with one attached hydrogen (secondary N) is 1. The Labute approximate surface area is 116 Å². The van der Waals surface area contributed by atoms with E-state index in [1.54, 1.807) is 12.1 Å². The number of alkyl halides is 1. The summed E-state index contributed by atoms with van der Waals surface area (Å²) in [5.74, 6) is 0. The summed E-state index contributed by atoms with van der Waals surface area (Å²) in [7, 11) is -4.13. The highest BCUT2D eigenvalue weighted by molar-refractivity contribution is 9.10. The fourth-order valence-electron chi connectivity index (χ4n) is 1.36. The molecular formula is C12H19BrNO3P. The molecule has 1 rings (SSSR count). The second-order valence-corrected chi connectivity index (χ2v) is 8.59. The molecule has 0 bridgehead atoms. The molecule has 1 unspecified atom stereocenters. The first-order valence-corrected chi connectivity index (χ1v) is 8.22. The summed E-state index contributed by atoms with van der Waals surface area (Å²) in [5, 5.41) is 3.35. The summed E-state index contributed by atoms with van der Waals surface area (Å²) in [4.78, 5) is 18.1. The van der Waals surface area contributed by atoms with Gasteiger partial charge in [0.15, 0.2) is 0 Å². The molecule has 0 aliphatic carbocycles. The van der Waals surface area contributed by atoms with Gasteiger partial charge in [-0.05, 0) is 31.9 Å². The Bertz CT molecular complexity index is 436. The Morgan fingerprint density at radius 2 is 1.78 bits per heavy atom. The van der Waals surface area contributed by atoms with Crippen LogP contribution in [0.5, 0.6) is 0 Å². The number of benzene rings is 1. The SMILES string of the molecule is CC(C)(C)NCc1ccc(C(Br)P(=O)(O)O)cc1. The molecule has 0 amide bonds. The lowest BCUT2D eigenvalue weighted by molar-refractivity contribution is 0.371. The van der Waals surface area contributed by atoms with Gasteiger partial charge in [-0.3, -0.25) is 4.57 Å². The Balaban J connectivity index is 2.72. The first-order chi connectivity index (χ1) is 8.09. The predicted octanol–water partition coefficient (Wildman–Crippen LogP) is 3.15. The molecule has 1 aromatic rings. The van der Waals surface area contributed by atoms with E-state index >= 15 is 0 Å². The van der Waals surface area contributed by atoms with Crippen molar-refractivity contribution in [2.45, 2.75) is 37.4 Å². The second-order valence-electron chi connectivity index (χ2n) is 5.27. The zero-order chi connectivity index (χ0) is 14.0. The van der Waals surface area contributed by atoms with Crippen LogP contribution in [0.4, 0.5) is 0 Å². The standard InChI is InChI=1S/C12H19BrNO3P/c1-12(2,3)14-8-9-4-6-10(7-5-9)11(13)18(15,16)17/h4-7,11,14H,8H2,1-3H3,(H2,15,16,17). The molecule has 1 aromatic carbocycles. The summed E-state index contributed by atoms with van der Waals surface area (Å²) in [5.41, 5.74) is 1.71. The van der Waals surface area contributed by atoms with Crippen LogP contribution in [0.1, 0.15) is 36.5 Å². The maximum Gasteiger partial charge on any atom is 0.343 e. The van der Waals surface area contributed by atoms with Crippen molar-refractivity contribution in [3.05, 3.63) is 35.4 Å². The quantitative estimate of drug-likeness (QED) is 0.584. The lowest BCUT2D eigenvalue weighted by Crippen LogP contribution is -2.35. The Hall–Kier alpha value is -0.190. The fraction of sp³-hybridized carbons (Fsp3) is 0.500. The van der Waals surface area contributed by atoms with Gasteiger partial charge >= 0.3 is 7.60 Å². The van der Waals surface area contributed by atoms with Crippen molar-refractivity contribution in [1.82, 2.24) is 5.32 Å². The molecule has 18 heavy (non-hydrogen) atoms. The van der Waals surface area contributed by atoms with Crippen molar-refractivity contribution in [1.29, 1.82) is 0 Å². The van der Waals surface area contributed by atoms with Crippen LogP contribution < -0.4 is 5.32 Å². The van der Waals surface area contributed by atoms with E-state index in [4.69, 9.17) is 9.79 Å². The van der Waals surface area contributed by atoms with E-state index in [1.807, 2.05) is 12.1 Å². The summed E-state index contributed by atoms with van der Waals surface area (Å²) >= 11 is 3.02. The number of halogens is 1. The van der Waals surface area contributed by atoms with Crippen LogP contribution in [0.3, 0.4) is 0 Å². The maximum atomic E-state index is 11.1. The third kappa shape index (κ3) is 5.21. The zero-order valence-electron chi connectivity index (χ0n) is 10.7. The van der Waals surface area contributed by atoms with Gasteiger partial charge in [0.25, 0.3) is 0 Å². The lowest BCUT2D eigenvalue weighted by atomic mass is 10.1. The van der Waals surface area contributed by atoms with Crippen LogP contribution in [-0.2, 0) is 11.1 Å². The van der Waals surface area contributed by atoms with Crippen molar-refractivity contribution in [3.63, 3.8) is 0 Å². The number of rotatable bonds is 4. The molecular weight excluding hydrogens is 317 g/mol. The summed E-state index contributed by atoms with van der Waals surface area (Å²) in [6.07, 6.45) is 0. The highest BCUT2D eigenvalue weighted by atomic mass is 79.9. The molecule has 0 heterocycles. The number of hydrogen-bond donors (Lipinski definition) is 3. The van der Waals surface area contributed by atoms with Gasteiger partial charge in [0.1, 0.15) is 4.57 Å². The molecule has 0 saturated heterocycles. The Kier molecular flexibility index (Phi) is 5.15. The second kappa shape index (κ2) is 5.85. The van der Waals surface area contributed by atoms with E-state index in [2.05, 4.69) is 42.0 Å². The first kappa shape index (κ1) is 15.9. The topological polar surface area (TPSA) is 69.6 Å². The largest absolute Gasteiger partial charge is 0.343 e. The molecule has 0 aromatic heterocycles. The van der Waals surface area contributed by atoms with Gasteiger partial charge in [0, 0.05) is 12.1 Å². The van der Waals surface area contributed by atoms with Gasteiger partial charge in [-0.25, -0.2) is 0 Å². The van der Waals surface area contributed by atoms with Gasteiger partial charge < -0.3 is 15.1 Å². The zero-order valence-corrected chi connectivity index (χ0v) is 13.2. The van der Waals surface area contributed by atoms with Gasteiger partial charge in [-0.15, -0.1) is 0 Å². The van der Waals surface area contributed by atoms with E-state index < -0.39 is 12.2 Å². The van der Waals surface area contributed by atoms with E-state index in [0.717, 1.165) is 12.1 Å². The van der Waals surface area contributed by atoms with Crippen molar-refractivity contribution >= 4 is 23.5 Å². The maximum absolute atomic E-state index is 11.1. The van der Waals surface area contributed by atoms with Crippen LogP contribution in [-0.4, -0.2) is 15.3 Å². The van der Waals surface area contributed by atoms with E-state index in [1.165, 1.54) is 0 Å². The highest BCUT2D eigenvalue weighted by Crippen LogP contribution is 2.55. The highest BCUT2D eigenvalue weighted by Gasteiger charge is 2.27. The molecule has 0 aliphatic rings. The molecule has 3 N–H and O–H groups in total. The molecule has 6 heteroatoms. The minimum atomic E-state index is -4.13. The Morgan fingerprint density at radius 1 is 1.28 bits per heavy atom. The fourth-order valence-corrected chi connectivity index (χ4v) is 2.22. The van der Waals surface area contributed by atoms with E-state index in [-0.39, 0.29) is 5.54 Å². The molecule has 0 radical (unpaired) electrons. The average Bonchev–Trinajstić information content (AvgIpc) is 2.24. The van der Waals surface area contributed by atoms with Gasteiger partial charge in [-0.1, -0.05) is 40.2 Å². The molecule has 4 nitrogen and oxygen atoms in total. The van der Waals surface area contributed by atoms with Crippen LogP contribution in [0.15, 0.2) is 24.3 Å². The van der Waals surface area contributed by atoms with Crippen molar-refractivity contribution in [2.75, 3.05) is 0 Å². The lowest BCUT2D eigenvalue weighted by Gasteiger charge is -2.20. The third-order valence-electron chi connectivity index (χ3n) is 2.37. The normalized spacial score (nSPS) is 14.6. The monoisotopic (exact) mass is 335 g/mol. The third-order valence-corrected chi connectivity index (χ3v) is 5.39. The molecule has 0 saturated carbocycles. The van der Waals surface area contributed by atoms with Crippen molar-refractivity contribution in [2.24, 2.45) is 0 Å². The summed E-state index contributed by atoms with van der Waals surface area (Å²) < 4.78 is 10.2. The summed E-state index contributed by atoms with van der Waals surface area (Å²) in [6.45, 7) is 6.99. The van der Waals surface area contributed by atoms with Crippen LogP contribution >= 0.6 is 23.5 Å². The summed E-state index contributed by atoms with van der Waals surface area (Å²) in [6, 6.07) is 7.21. The smallest absolute Gasteiger partial charge is 0.323 e. The molecule has 102 valence electrons. The number of hydrogen-bond acceptors (Lipinski definition) is 2. The molecule has 0 aliphatic heterocycles. The van der Waals surface area contributed by atoms with Crippen LogP contribution in [0.2, 0.25) is 0 Å². The Morgan fingerprint density at radius 3 is 2.17 bits per heavy atom. The van der Waals surface area contributed by atoms with Gasteiger partial charge in [0.05, 0.1) is 0 Å². The first-order valence-electron chi connectivity index (χ1n) is 5.63. The van der Waals surface area contributed by atoms with Crippen LogP contribution in [0, 0.1) is 0 Å². The van der Waals surface area contributed by atoms with Crippen molar-refractivity contribution < 1.29 is 14.4 Å².